The third-order valence-electron chi connectivity index (χ3n) is 3.19. The summed E-state index contributed by atoms with van der Waals surface area (Å²) in [4.78, 5) is 48.5. The first-order valence-corrected chi connectivity index (χ1v) is 6.76. The summed E-state index contributed by atoms with van der Waals surface area (Å²) in [6.45, 7) is 2.85. The van der Waals surface area contributed by atoms with Gasteiger partial charge in [0.2, 0.25) is 17.2 Å². The van der Waals surface area contributed by atoms with Gasteiger partial charge in [-0.3, -0.25) is 14.4 Å². The van der Waals surface area contributed by atoms with Crippen LogP contribution in [0.5, 0.6) is 0 Å². The minimum absolute atomic E-state index is 0.206. The van der Waals surface area contributed by atoms with Crippen LogP contribution in [0.25, 0.3) is 10.9 Å². The zero-order valence-corrected chi connectivity index (χ0v) is 12.5. The quantitative estimate of drug-likeness (QED) is 0.659. The Bertz CT molecular complexity index is 856. The lowest BCUT2D eigenvalue weighted by Crippen LogP contribution is -2.40. The summed E-state index contributed by atoms with van der Waals surface area (Å²) in [7, 11) is 0. The van der Waals surface area contributed by atoms with E-state index in [1.54, 1.807) is 6.92 Å². The maximum absolute atomic E-state index is 12.0. The van der Waals surface area contributed by atoms with Gasteiger partial charge in [0.05, 0.1) is 5.52 Å². The van der Waals surface area contributed by atoms with Crippen LogP contribution in [0, 0.1) is 0 Å². The Morgan fingerprint density at radius 1 is 1.26 bits per heavy atom. The fraction of sp³-hybridized carbons (Fsp3) is 0.200. The second-order valence-electron chi connectivity index (χ2n) is 5.01. The second kappa shape index (κ2) is 6.30. The highest BCUT2D eigenvalue weighted by Crippen LogP contribution is 2.15. The lowest BCUT2D eigenvalue weighted by Gasteiger charge is -2.13. The largest absolute Gasteiger partial charge is 0.477 e. The van der Waals surface area contributed by atoms with Gasteiger partial charge >= 0.3 is 5.97 Å². The molecule has 0 fully saturated rings. The number of H-pyrrole nitrogens is 1. The van der Waals surface area contributed by atoms with Crippen molar-refractivity contribution in [2.75, 3.05) is 5.32 Å². The number of rotatable bonds is 4. The highest BCUT2D eigenvalue weighted by atomic mass is 16.4. The van der Waals surface area contributed by atoms with Crippen LogP contribution in [0.3, 0.4) is 0 Å². The van der Waals surface area contributed by atoms with E-state index in [9.17, 15) is 19.2 Å². The molecule has 2 amide bonds. The molecule has 23 heavy (non-hydrogen) atoms. The monoisotopic (exact) mass is 317 g/mol. The summed E-state index contributed by atoms with van der Waals surface area (Å²) in [5, 5.41) is 14.2. The molecule has 8 nitrogen and oxygen atoms in total. The van der Waals surface area contributed by atoms with Crippen molar-refractivity contribution in [1.82, 2.24) is 10.3 Å². The number of pyridine rings is 1. The number of hydrogen-bond donors (Lipinski definition) is 4. The van der Waals surface area contributed by atoms with E-state index >= 15 is 0 Å². The summed E-state index contributed by atoms with van der Waals surface area (Å²) < 4.78 is 0. The van der Waals surface area contributed by atoms with E-state index in [2.05, 4.69) is 15.6 Å². The molecule has 2 aromatic rings. The van der Waals surface area contributed by atoms with Gasteiger partial charge in [-0.25, -0.2) is 4.79 Å². The summed E-state index contributed by atoms with van der Waals surface area (Å²) >= 11 is 0. The molecule has 0 aliphatic heterocycles. The predicted molar refractivity (Wildman–Crippen MR) is 83.4 cm³/mol. The van der Waals surface area contributed by atoms with E-state index in [-0.39, 0.29) is 16.9 Å². The average molecular weight is 317 g/mol. The Morgan fingerprint density at radius 3 is 2.57 bits per heavy atom. The maximum Gasteiger partial charge on any atom is 0.341 e. The van der Waals surface area contributed by atoms with Crippen LogP contribution >= 0.6 is 0 Å². The predicted octanol–water partition coefficient (Wildman–Crippen LogP) is 0.689. The van der Waals surface area contributed by atoms with Crippen LogP contribution in [0.1, 0.15) is 24.2 Å². The smallest absolute Gasteiger partial charge is 0.341 e. The zero-order valence-electron chi connectivity index (χ0n) is 12.5. The highest BCUT2D eigenvalue weighted by Gasteiger charge is 2.15. The number of aromatic nitrogens is 1. The average Bonchev–Trinajstić information content (AvgIpc) is 2.46. The first kappa shape index (κ1) is 16.2. The molecule has 120 valence electrons. The number of carbonyl (C=O) groups excluding carboxylic acids is 2. The topological polar surface area (TPSA) is 128 Å². The zero-order chi connectivity index (χ0) is 17.1. The lowest BCUT2D eigenvalue weighted by molar-refractivity contribution is -0.124. The molecule has 0 aliphatic rings. The number of anilines is 1. The SMILES string of the molecule is CC(=O)NC(C)C(=O)Nc1ccc2c(=O)c(C(=O)O)c[nH]c2c1. The minimum Gasteiger partial charge on any atom is -0.477 e. The van der Waals surface area contributed by atoms with Gasteiger partial charge in [-0.2, -0.15) is 0 Å². The Morgan fingerprint density at radius 2 is 1.96 bits per heavy atom. The third kappa shape index (κ3) is 3.54. The number of fused-ring (bicyclic) bond motifs is 1. The Labute approximate surface area is 130 Å². The third-order valence-corrected chi connectivity index (χ3v) is 3.19. The number of aromatic carboxylic acids is 1. The molecule has 0 aliphatic carbocycles. The molecule has 1 unspecified atom stereocenters. The van der Waals surface area contributed by atoms with Gasteiger partial charge in [0, 0.05) is 24.2 Å². The fourth-order valence-electron chi connectivity index (χ4n) is 2.08. The number of hydrogen-bond acceptors (Lipinski definition) is 4. The van der Waals surface area contributed by atoms with E-state index in [1.165, 1.54) is 25.1 Å². The highest BCUT2D eigenvalue weighted by molar-refractivity contribution is 5.98. The van der Waals surface area contributed by atoms with Crippen LogP contribution in [-0.4, -0.2) is 33.9 Å². The molecule has 0 bridgehead atoms. The van der Waals surface area contributed by atoms with Crippen molar-refractivity contribution in [1.29, 1.82) is 0 Å². The van der Waals surface area contributed by atoms with Crippen LogP contribution in [0.15, 0.2) is 29.2 Å². The Hall–Kier alpha value is -3.16. The molecular formula is C15H15N3O5. The van der Waals surface area contributed by atoms with E-state index < -0.39 is 23.3 Å². The number of amides is 2. The molecule has 4 N–H and O–H groups in total. The van der Waals surface area contributed by atoms with Crippen molar-refractivity contribution < 1.29 is 19.5 Å². The van der Waals surface area contributed by atoms with Gasteiger partial charge in [-0.15, -0.1) is 0 Å². The van der Waals surface area contributed by atoms with Gasteiger partial charge < -0.3 is 20.7 Å². The number of carboxylic acid groups (broad SMARTS) is 1. The molecular weight excluding hydrogens is 302 g/mol. The normalized spacial score (nSPS) is 11.7. The van der Waals surface area contributed by atoms with Crippen LogP contribution in [0.4, 0.5) is 5.69 Å². The number of carbonyl (C=O) groups is 3. The Balaban J connectivity index is 2.29. The van der Waals surface area contributed by atoms with Crippen molar-refractivity contribution in [2.24, 2.45) is 0 Å². The summed E-state index contributed by atoms with van der Waals surface area (Å²) in [5.74, 6) is -2.05. The molecule has 0 saturated carbocycles. The molecule has 0 radical (unpaired) electrons. The number of nitrogens with one attached hydrogen (secondary N) is 3. The molecule has 1 aromatic heterocycles. The summed E-state index contributed by atoms with van der Waals surface area (Å²) in [5.41, 5.74) is -0.146. The number of carboxylic acids is 1. The van der Waals surface area contributed by atoms with Crippen molar-refractivity contribution in [3.63, 3.8) is 0 Å². The van der Waals surface area contributed by atoms with Crippen LogP contribution < -0.4 is 16.1 Å². The van der Waals surface area contributed by atoms with E-state index in [0.717, 1.165) is 6.20 Å². The van der Waals surface area contributed by atoms with Gasteiger partial charge in [-0.05, 0) is 25.1 Å². The van der Waals surface area contributed by atoms with E-state index in [1.807, 2.05) is 0 Å². The first-order chi connectivity index (χ1) is 10.8. The summed E-state index contributed by atoms with van der Waals surface area (Å²) in [6.07, 6.45) is 1.11. The van der Waals surface area contributed by atoms with Gasteiger partial charge in [0.1, 0.15) is 11.6 Å². The van der Waals surface area contributed by atoms with Crippen LogP contribution in [-0.2, 0) is 9.59 Å². The minimum atomic E-state index is -1.31. The second-order valence-corrected chi connectivity index (χ2v) is 5.01. The van der Waals surface area contributed by atoms with E-state index in [4.69, 9.17) is 5.11 Å². The number of benzene rings is 1. The standard InChI is InChI=1S/C15H15N3O5/c1-7(17-8(2)19)14(21)18-9-3-4-10-12(5-9)16-6-11(13(10)20)15(22)23/h3-7H,1-2H3,(H,16,20)(H,17,19)(H,18,21)(H,22,23). The van der Waals surface area contributed by atoms with Crippen molar-refractivity contribution in [2.45, 2.75) is 19.9 Å². The molecule has 1 aromatic carbocycles. The first-order valence-electron chi connectivity index (χ1n) is 6.76. The van der Waals surface area contributed by atoms with Crippen molar-refractivity contribution in [3.8, 4) is 0 Å². The summed E-state index contributed by atoms with van der Waals surface area (Å²) in [6, 6.07) is 3.72. The van der Waals surface area contributed by atoms with Gasteiger partial charge in [-0.1, -0.05) is 0 Å². The molecule has 2 rings (SSSR count). The number of aromatic amines is 1. The molecule has 8 heteroatoms. The van der Waals surface area contributed by atoms with E-state index in [0.29, 0.717) is 11.2 Å². The molecule has 1 atom stereocenters. The van der Waals surface area contributed by atoms with Crippen LogP contribution in [0.2, 0.25) is 0 Å². The molecule has 0 spiro atoms. The van der Waals surface area contributed by atoms with Gasteiger partial charge in [0.25, 0.3) is 0 Å². The maximum atomic E-state index is 12.0. The molecule has 1 heterocycles. The lowest BCUT2D eigenvalue weighted by atomic mass is 10.1. The fourth-order valence-corrected chi connectivity index (χ4v) is 2.08. The van der Waals surface area contributed by atoms with Crippen molar-refractivity contribution >= 4 is 34.4 Å². The van der Waals surface area contributed by atoms with Crippen molar-refractivity contribution in [3.05, 3.63) is 40.2 Å². The Kier molecular flexibility index (Phi) is 4.44. The van der Waals surface area contributed by atoms with Gasteiger partial charge in [0.15, 0.2) is 0 Å². The molecule has 0 saturated heterocycles.